The van der Waals surface area contributed by atoms with E-state index in [9.17, 15) is 5.11 Å². The molecule has 0 aliphatic carbocycles. The predicted octanol–water partition coefficient (Wildman–Crippen LogP) is 3.99. The van der Waals surface area contributed by atoms with Gasteiger partial charge in [0.15, 0.2) is 0 Å². The highest BCUT2D eigenvalue weighted by Gasteiger charge is 2.29. The molecule has 0 radical (unpaired) electrons. The van der Waals surface area contributed by atoms with Crippen molar-refractivity contribution in [3.8, 4) is 5.75 Å². The fraction of sp³-hybridized carbons (Fsp3) is 0.316. The molecule has 3 rings (SSSR count). The molecule has 1 N–H and O–H groups in total. The molecule has 0 saturated carbocycles. The van der Waals surface area contributed by atoms with Crippen molar-refractivity contribution in [1.29, 1.82) is 0 Å². The van der Waals surface area contributed by atoms with Crippen LogP contribution in [0.4, 0.5) is 5.69 Å². The fourth-order valence-electron chi connectivity index (χ4n) is 2.73. The van der Waals surface area contributed by atoms with Gasteiger partial charge < -0.3 is 10.0 Å². The molecule has 0 spiro atoms. The monoisotopic (exact) mass is 294 g/mol. The molecule has 0 unspecified atom stereocenters. The van der Waals surface area contributed by atoms with E-state index in [1.54, 1.807) is 12.1 Å². The Morgan fingerprint density at radius 1 is 1.14 bits per heavy atom. The Hall–Kier alpha value is -2.29. The third-order valence-electron chi connectivity index (χ3n) is 4.13. The third-order valence-corrected chi connectivity index (χ3v) is 4.13. The number of phenols is 1. The highest BCUT2D eigenvalue weighted by molar-refractivity contribution is 6.11. The Balaban J connectivity index is 2.01. The normalized spacial score (nSPS) is 17.9. The second-order valence-electron chi connectivity index (χ2n) is 6.26. The van der Waals surface area contributed by atoms with Crippen LogP contribution in [0.15, 0.2) is 53.5 Å². The van der Waals surface area contributed by atoms with Crippen molar-refractivity contribution in [3.05, 3.63) is 59.7 Å². The zero-order valence-corrected chi connectivity index (χ0v) is 13.3. The number of aryl methyl sites for hydroxylation is 1. The summed E-state index contributed by atoms with van der Waals surface area (Å²) >= 11 is 0. The van der Waals surface area contributed by atoms with Gasteiger partial charge in [0.25, 0.3) is 0 Å². The van der Waals surface area contributed by atoms with Gasteiger partial charge >= 0.3 is 0 Å². The first-order valence-electron chi connectivity index (χ1n) is 7.76. The fourth-order valence-corrected chi connectivity index (χ4v) is 2.73. The number of rotatable bonds is 3. The van der Waals surface area contributed by atoms with Crippen LogP contribution in [0.3, 0.4) is 0 Å². The van der Waals surface area contributed by atoms with Crippen molar-refractivity contribution in [2.45, 2.75) is 26.8 Å². The van der Waals surface area contributed by atoms with Crippen LogP contribution in [0.25, 0.3) is 0 Å². The van der Waals surface area contributed by atoms with Crippen LogP contribution in [0.2, 0.25) is 0 Å². The first-order valence-corrected chi connectivity index (χ1v) is 7.76. The van der Waals surface area contributed by atoms with Crippen LogP contribution >= 0.6 is 0 Å². The number of amidine groups is 1. The zero-order valence-electron chi connectivity index (χ0n) is 13.3. The van der Waals surface area contributed by atoms with Gasteiger partial charge in [-0.1, -0.05) is 43.7 Å². The van der Waals surface area contributed by atoms with Gasteiger partial charge in [-0.3, -0.25) is 4.99 Å². The Kier molecular flexibility index (Phi) is 3.88. The lowest BCUT2D eigenvalue weighted by atomic mass is 10.1. The van der Waals surface area contributed by atoms with E-state index in [0.717, 1.165) is 23.6 Å². The molecular weight excluding hydrogens is 272 g/mol. The molecule has 114 valence electrons. The summed E-state index contributed by atoms with van der Waals surface area (Å²) in [5.74, 6) is 1.71. The van der Waals surface area contributed by atoms with Gasteiger partial charge in [0, 0.05) is 17.8 Å². The minimum atomic E-state index is 0.275. The van der Waals surface area contributed by atoms with Crippen LogP contribution < -0.4 is 4.90 Å². The molecule has 2 aromatic rings. The Morgan fingerprint density at radius 3 is 2.50 bits per heavy atom. The molecule has 0 fully saturated rings. The van der Waals surface area contributed by atoms with Gasteiger partial charge in [-0.2, -0.15) is 0 Å². The zero-order chi connectivity index (χ0) is 15.7. The maximum absolute atomic E-state index is 9.77. The Labute approximate surface area is 131 Å². The average Bonchev–Trinajstić information content (AvgIpc) is 2.93. The van der Waals surface area contributed by atoms with E-state index in [1.807, 2.05) is 12.1 Å². The minimum absolute atomic E-state index is 0.275. The summed E-state index contributed by atoms with van der Waals surface area (Å²) in [5.41, 5.74) is 3.36. The number of aromatic hydroxyl groups is 1. The van der Waals surface area contributed by atoms with Crippen molar-refractivity contribution >= 4 is 11.5 Å². The summed E-state index contributed by atoms with van der Waals surface area (Å²) in [7, 11) is 0. The lowest BCUT2D eigenvalue weighted by Crippen LogP contribution is -2.30. The molecule has 0 saturated heterocycles. The quantitative estimate of drug-likeness (QED) is 0.929. The number of aliphatic imine (C=N–C) groups is 1. The molecule has 1 aliphatic heterocycles. The summed E-state index contributed by atoms with van der Waals surface area (Å²) in [6, 6.07) is 16.1. The van der Waals surface area contributed by atoms with Gasteiger partial charge in [-0.05, 0) is 37.1 Å². The van der Waals surface area contributed by atoms with Crippen LogP contribution in [0, 0.1) is 12.8 Å². The molecule has 1 aliphatic rings. The number of hydrogen-bond donors (Lipinski definition) is 1. The topological polar surface area (TPSA) is 35.8 Å². The highest BCUT2D eigenvalue weighted by Crippen LogP contribution is 2.27. The number of anilines is 1. The van der Waals surface area contributed by atoms with E-state index in [4.69, 9.17) is 4.99 Å². The van der Waals surface area contributed by atoms with Gasteiger partial charge in [0.2, 0.25) is 0 Å². The number of phenolic OH excluding ortho intramolecular Hbond substituents is 1. The second-order valence-corrected chi connectivity index (χ2v) is 6.26. The maximum atomic E-state index is 9.77. The molecule has 22 heavy (non-hydrogen) atoms. The molecule has 0 amide bonds. The van der Waals surface area contributed by atoms with Gasteiger partial charge in [-0.15, -0.1) is 0 Å². The van der Waals surface area contributed by atoms with Crippen molar-refractivity contribution in [1.82, 2.24) is 0 Å². The molecule has 3 nitrogen and oxygen atoms in total. The van der Waals surface area contributed by atoms with Crippen LogP contribution in [-0.2, 0) is 0 Å². The van der Waals surface area contributed by atoms with Gasteiger partial charge in [0.05, 0.1) is 6.04 Å². The van der Waals surface area contributed by atoms with Gasteiger partial charge in [-0.25, -0.2) is 0 Å². The lowest BCUT2D eigenvalue weighted by molar-refractivity contribution is 0.475. The van der Waals surface area contributed by atoms with E-state index in [-0.39, 0.29) is 11.8 Å². The SMILES string of the molecule is Cc1ccc(N2C[C@H](C(C)C)N=C2c2cccc(O)c2)cc1. The van der Waals surface area contributed by atoms with Crippen molar-refractivity contribution in [2.24, 2.45) is 10.9 Å². The second kappa shape index (κ2) is 5.84. The van der Waals surface area contributed by atoms with Crippen molar-refractivity contribution in [2.75, 3.05) is 11.4 Å². The van der Waals surface area contributed by atoms with E-state index in [2.05, 4.69) is 49.9 Å². The number of nitrogens with zero attached hydrogens (tertiary/aromatic N) is 2. The highest BCUT2D eigenvalue weighted by atomic mass is 16.3. The molecule has 1 heterocycles. The summed E-state index contributed by atoms with van der Waals surface area (Å²) < 4.78 is 0. The Bertz CT molecular complexity index is 689. The summed E-state index contributed by atoms with van der Waals surface area (Å²) in [4.78, 5) is 7.16. The lowest BCUT2D eigenvalue weighted by Gasteiger charge is -2.22. The predicted molar refractivity (Wildman–Crippen MR) is 91.8 cm³/mol. The van der Waals surface area contributed by atoms with Crippen LogP contribution in [0.1, 0.15) is 25.0 Å². The number of hydrogen-bond acceptors (Lipinski definition) is 3. The molecular formula is C19H22N2O. The minimum Gasteiger partial charge on any atom is -0.508 e. The third kappa shape index (κ3) is 2.84. The molecule has 1 atom stereocenters. The van der Waals surface area contributed by atoms with E-state index < -0.39 is 0 Å². The van der Waals surface area contributed by atoms with Crippen molar-refractivity contribution in [3.63, 3.8) is 0 Å². The van der Waals surface area contributed by atoms with Crippen LogP contribution in [0.5, 0.6) is 5.75 Å². The Morgan fingerprint density at radius 2 is 1.86 bits per heavy atom. The van der Waals surface area contributed by atoms with Crippen molar-refractivity contribution < 1.29 is 5.11 Å². The smallest absolute Gasteiger partial charge is 0.135 e. The summed E-state index contributed by atoms with van der Waals surface area (Å²) in [5, 5.41) is 9.77. The molecule has 2 aromatic carbocycles. The number of benzene rings is 2. The first kappa shape index (κ1) is 14.6. The van der Waals surface area contributed by atoms with E-state index in [1.165, 1.54) is 5.56 Å². The first-order chi connectivity index (χ1) is 10.5. The van der Waals surface area contributed by atoms with E-state index >= 15 is 0 Å². The largest absolute Gasteiger partial charge is 0.508 e. The summed E-state index contributed by atoms with van der Waals surface area (Å²) in [6.07, 6.45) is 0. The molecule has 3 heteroatoms. The molecule has 0 aromatic heterocycles. The summed E-state index contributed by atoms with van der Waals surface area (Å²) in [6.45, 7) is 7.38. The van der Waals surface area contributed by atoms with Gasteiger partial charge in [0.1, 0.15) is 11.6 Å². The maximum Gasteiger partial charge on any atom is 0.135 e. The average molecular weight is 294 g/mol. The van der Waals surface area contributed by atoms with E-state index in [0.29, 0.717) is 5.92 Å². The molecule has 0 bridgehead atoms. The van der Waals surface area contributed by atoms with Crippen LogP contribution in [-0.4, -0.2) is 23.5 Å². The standard InChI is InChI=1S/C19H22N2O/c1-13(2)18-12-21(16-9-7-14(3)8-10-16)19(20-18)15-5-4-6-17(22)11-15/h4-11,13,18,22H,12H2,1-3H3/t18-/m1/s1.